The van der Waals surface area contributed by atoms with E-state index >= 15 is 0 Å². The summed E-state index contributed by atoms with van der Waals surface area (Å²) in [4.78, 5) is 21.2. The van der Waals surface area contributed by atoms with Crippen LogP contribution in [0.2, 0.25) is 5.02 Å². The lowest BCUT2D eigenvalue weighted by Gasteiger charge is -2.06. The van der Waals surface area contributed by atoms with Crippen LogP contribution in [-0.2, 0) is 0 Å². The molecule has 0 saturated heterocycles. The highest BCUT2D eigenvalue weighted by molar-refractivity contribution is 6.32. The Morgan fingerprint density at radius 3 is 2.64 bits per heavy atom. The zero-order valence-corrected chi connectivity index (χ0v) is 8.04. The van der Waals surface area contributed by atoms with Crippen LogP contribution in [0.3, 0.4) is 0 Å². The van der Waals surface area contributed by atoms with E-state index in [1.807, 2.05) is 0 Å². The van der Waals surface area contributed by atoms with Crippen molar-refractivity contribution in [2.24, 2.45) is 0 Å². The first-order valence-corrected chi connectivity index (χ1v) is 4.04. The SMILES string of the molecule is COc1c(Cl)cc(C(=O)O)cc1C=O. The lowest BCUT2D eigenvalue weighted by atomic mass is 10.1. The topological polar surface area (TPSA) is 63.6 Å². The Labute approximate surface area is 85.1 Å². The second-order valence-electron chi connectivity index (χ2n) is 2.50. The van der Waals surface area contributed by atoms with Gasteiger partial charge in [-0.2, -0.15) is 0 Å². The fraction of sp³-hybridized carbons (Fsp3) is 0.111. The van der Waals surface area contributed by atoms with Gasteiger partial charge in [0, 0.05) is 0 Å². The summed E-state index contributed by atoms with van der Waals surface area (Å²) in [6.07, 6.45) is 0.497. The largest absolute Gasteiger partial charge is 0.494 e. The standard InChI is InChI=1S/C9H7ClO4/c1-14-8-6(4-11)2-5(9(12)13)3-7(8)10/h2-4H,1H3,(H,12,13). The maximum atomic E-state index is 10.6. The number of halogens is 1. The van der Waals surface area contributed by atoms with Gasteiger partial charge in [-0.3, -0.25) is 4.79 Å². The van der Waals surface area contributed by atoms with Gasteiger partial charge in [0.05, 0.1) is 23.3 Å². The van der Waals surface area contributed by atoms with Crippen LogP contribution in [0.25, 0.3) is 0 Å². The van der Waals surface area contributed by atoms with Crippen molar-refractivity contribution in [1.82, 2.24) is 0 Å². The molecular formula is C9H7ClO4. The number of ether oxygens (including phenoxy) is 1. The van der Waals surface area contributed by atoms with Crippen molar-refractivity contribution in [2.75, 3.05) is 7.11 Å². The van der Waals surface area contributed by atoms with Crippen molar-refractivity contribution in [3.63, 3.8) is 0 Å². The highest BCUT2D eigenvalue weighted by atomic mass is 35.5. The molecule has 1 aromatic rings. The third-order valence-corrected chi connectivity index (χ3v) is 1.93. The number of hydrogen-bond acceptors (Lipinski definition) is 3. The molecule has 0 aliphatic heterocycles. The number of aromatic carboxylic acids is 1. The van der Waals surface area contributed by atoms with Crippen LogP contribution in [0.5, 0.6) is 5.75 Å². The van der Waals surface area contributed by atoms with Gasteiger partial charge >= 0.3 is 5.97 Å². The molecule has 0 unspecified atom stereocenters. The first-order chi connectivity index (χ1) is 6.60. The second kappa shape index (κ2) is 4.11. The monoisotopic (exact) mass is 214 g/mol. The summed E-state index contributed by atoms with van der Waals surface area (Å²) in [6.45, 7) is 0. The number of hydrogen-bond donors (Lipinski definition) is 1. The fourth-order valence-electron chi connectivity index (χ4n) is 1.04. The third-order valence-electron chi connectivity index (χ3n) is 1.65. The average molecular weight is 215 g/mol. The molecule has 4 nitrogen and oxygen atoms in total. The van der Waals surface area contributed by atoms with Gasteiger partial charge in [0.25, 0.3) is 0 Å². The summed E-state index contributed by atoms with van der Waals surface area (Å²) >= 11 is 5.71. The van der Waals surface area contributed by atoms with Crippen LogP contribution in [0.15, 0.2) is 12.1 Å². The predicted octanol–water partition coefficient (Wildman–Crippen LogP) is 1.86. The molecule has 1 aromatic carbocycles. The summed E-state index contributed by atoms with van der Waals surface area (Å²) in [7, 11) is 1.36. The van der Waals surface area contributed by atoms with Crippen LogP contribution in [0.1, 0.15) is 20.7 Å². The maximum Gasteiger partial charge on any atom is 0.335 e. The van der Waals surface area contributed by atoms with E-state index in [-0.39, 0.29) is 21.9 Å². The van der Waals surface area contributed by atoms with Gasteiger partial charge in [-0.1, -0.05) is 11.6 Å². The number of benzene rings is 1. The molecule has 0 bridgehead atoms. The third kappa shape index (κ3) is 1.85. The van der Waals surface area contributed by atoms with E-state index in [0.29, 0.717) is 6.29 Å². The van der Waals surface area contributed by atoms with E-state index in [4.69, 9.17) is 21.4 Å². The quantitative estimate of drug-likeness (QED) is 0.780. The first kappa shape index (κ1) is 10.5. The van der Waals surface area contributed by atoms with E-state index in [0.717, 1.165) is 0 Å². The normalized spacial score (nSPS) is 9.57. The highest BCUT2D eigenvalue weighted by Crippen LogP contribution is 2.29. The van der Waals surface area contributed by atoms with Crippen molar-refractivity contribution < 1.29 is 19.4 Å². The molecule has 0 amide bonds. The van der Waals surface area contributed by atoms with Crippen molar-refractivity contribution >= 4 is 23.9 Å². The zero-order chi connectivity index (χ0) is 10.7. The molecule has 0 saturated carbocycles. The Kier molecular flexibility index (Phi) is 3.09. The highest BCUT2D eigenvalue weighted by Gasteiger charge is 2.12. The van der Waals surface area contributed by atoms with Crippen LogP contribution in [-0.4, -0.2) is 24.5 Å². The van der Waals surface area contributed by atoms with Gasteiger partial charge in [0.15, 0.2) is 6.29 Å². The van der Waals surface area contributed by atoms with Gasteiger partial charge in [-0.15, -0.1) is 0 Å². The number of methoxy groups -OCH3 is 1. The minimum atomic E-state index is -1.14. The molecule has 0 spiro atoms. The number of carboxylic acids is 1. The lowest BCUT2D eigenvalue weighted by Crippen LogP contribution is -2.00. The van der Waals surface area contributed by atoms with Crippen molar-refractivity contribution in [1.29, 1.82) is 0 Å². The molecule has 0 heterocycles. The maximum absolute atomic E-state index is 10.6. The Morgan fingerprint density at radius 1 is 1.57 bits per heavy atom. The average Bonchev–Trinajstić information content (AvgIpc) is 2.16. The molecule has 0 aliphatic rings. The molecule has 74 valence electrons. The predicted molar refractivity (Wildman–Crippen MR) is 50.4 cm³/mol. The summed E-state index contributed by atoms with van der Waals surface area (Å²) in [5.41, 5.74) is 0.0790. The molecule has 0 fully saturated rings. The molecule has 1 rings (SSSR count). The zero-order valence-electron chi connectivity index (χ0n) is 7.28. The Balaban J connectivity index is 3.38. The number of rotatable bonds is 3. The van der Waals surface area contributed by atoms with Crippen LogP contribution >= 0.6 is 11.6 Å². The summed E-state index contributed by atoms with van der Waals surface area (Å²) in [5.74, 6) is -0.954. The number of carboxylic acid groups (broad SMARTS) is 1. The fourth-order valence-corrected chi connectivity index (χ4v) is 1.34. The van der Waals surface area contributed by atoms with Crippen molar-refractivity contribution in [2.45, 2.75) is 0 Å². The van der Waals surface area contributed by atoms with Gasteiger partial charge < -0.3 is 9.84 Å². The van der Waals surface area contributed by atoms with Gasteiger partial charge in [0.1, 0.15) is 5.75 Å². The van der Waals surface area contributed by atoms with E-state index in [1.165, 1.54) is 19.2 Å². The lowest BCUT2D eigenvalue weighted by molar-refractivity contribution is 0.0697. The molecular weight excluding hydrogens is 208 g/mol. The summed E-state index contributed by atoms with van der Waals surface area (Å²) < 4.78 is 4.85. The van der Waals surface area contributed by atoms with Crippen LogP contribution < -0.4 is 4.74 Å². The minimum absolute atomic E-state index is 0.0436. The smallest absolute Gasteiger partial charge is 0.335 e. The molecule has 0 aromatic heterocycles. The Bertz CT molecular complexity index is 387. The second-order valence-corrected chi connectivity index (χ2v) is 2.91. The number of carbonyl (C=O) groups is 2. The Hall–Kier alpha value is -1.55. The Morgan fingerprint density at radius 2 is 2.21 bits per heavy atom. The van der Waals surface area contributed by atoms with E-state index < -0.39 is 5.97 Å². The van der Waals surface area contributed by atoms with Gasteiger partial charge in [-0.25, -0.2) is 4.79 Å². The van der Waals surface area contributed by atoms with E-state index in [2.05, 4.69) is 0 Å². The van der Waals surface area contributed by atoms with Gasteiger partial charge in [-0.05, 0) is 12.1 Å². The molecule has 0 radical (unpaired) electrons. The number of aldehydes is 1. The number of carbonyl (C=O) groups excluding carboxylic acids is 1. The molecule has 0 aliphatic carbocycles. The van der Waals surface area contributed by atoms with Crippen LogP contribution in [0.4, 0.5) is 0 Å². The van der Waals surface area contributed by atoms with Crippen molar-refractivity contribution in [3.05, 3.63) is 28.3 Å². The molecule has 1 N–H and O–H groups in total. The summed E-state index contributed by atoms with van der Waals surface area (Å²) in [6, 6.07) is 2.44. The molecule has 0 atom stereocenters. The van der Waals surface area contributed by atoms with Gasteiger partial charge in [0.2, 0.25) is 0 Å². The minimum Gasteiger partial charge on any atom is -0.494 e. The van der Waals surface area contributed by atoms with Crippen LogP contribution in [0, 0.1) is 0 Å². The van der Waals surface area contributed by atoms with E-state index in [9.17, 15) is 9.59 Å². The van der Waals surface area contributed by atoms with E-state index in [1.54, 1.807) is 0 Å². The molecule has 14 heavy (non-hydrogen) atoms. The first-order valence-electron chi connectivity index (χ1n) is 3.66. The summed E-state index contributed by atoms with van der Waals surface area (Å²) in [5, 5.41) is 8.78. The van der Waals surface area contributed by atoms with Crippen molar-refractivity contribution in [3.8, 4) is 5.75 Å². The molecule has 5 heteroatoms.